The molecule has 2 fully saturated rings. The van der Waals surface area contributed by atoms with Gasteiger partial charge in [0, 0.05) is 37.3 Å². The molecule has 0 radical (unpaired) electrons. The van der Waals surface area contributed by atoms with Crippen LogP contribution in [0.25, 0.3) is 0 Å². The van der Waals surface area contributed by atoms with Crippen LogP contribution in [0, 0.1) is 5.92 Å². The lowest BCUT2D eigenvalue weighted by Gasteiger charge is -2.52. The number of hydrogen-bond acceptors (Lipinski definition) is 5. The van der Waals surface area contributed by atoms with Gasteiger partial charge >= 0.3 is 0 Å². The minimum Gasteiger partial charge on any atom is -0.496 e. The van der Waals surface area contributed by atoms with Crippen LogP contribution in [0.2, 0.25) is 0 Å². The fraction of sp³-hybridized carbons (Fsp3) is 0.700. The molecule has 0 unspecified atom stereocenters. The molecule has 3 aliphatic rings. The van der Waals surface area contributed by atoms with Gasteiger partial charge in [-0.1, -0.05) is 12.1 Å². The lowest BCUT2D eigenvalue weighted by atomic mass is 9.77. The highest BCUT2D eigenvalue weighted by molar-refractivity contribution is 7.89. The van der Waals surface area contributed by atoms with Gasteiger partial charge < -0.3 is 10.5 Å². The third kappa shape index (κ3) is 3.50. The van der Waals surface area contributed by atoms with E-state index in [1.807, 2.05) is 10.4 Å². The predicted molar refractivity (Wildman–Crippen MR) is 106 cm³/mol. The predicted octanol–water partition coefficient (Wildman–Crippen LogP) is 1.76. The molecule has 4 rings (SSSR count). The first kappa shape index (κ1) is 19.2. The highest BCUT2D eigenvalue weighted by Gasteiger charge is 2.46. The molecule has 150 valence electrons. The van der Waals surface area contributed by atoms with Gasteiger partial charge in [-0.3, -0.25) is 4.90 Å². The van der Waals surface area contributed by atoms with Gasteiger partial charge in [0.1, 0.15) is 5.75 Å². The van der Waals surface area contributed by atoms with Crippen LogP contribution in [0.5, 0.6) is 5.75 Å². The zero-order valence-electron chi connectivity index (χ0n) is 16.1. The molecular weight excluding hydrogens is 362 g/mol. The summed E-state index contributed by atoms with van der Waals surface area (Å²) in [5.74, 6) is 1.54. The lowest BCUT2D eigenvalue weighted by Crippen LogP contribution is -2.57. The zero-order valence-corrected chi connectivity index (χ0v) is 17.0. The molecule has 27 heavy (non-hydrogen) atoms. The summed E-state index contributed by atoms with van der Waals surface area (Å²) in [4.78, 5) is 2.56. The van der Waals surface area contributed by atoms with Crippen molar-refractivity contribution in [3.05, 3.63) is 29.3 Å². The SMILES string of the molecule is COc1cccc2c1[C@@H]1C[C@H]3[C@H](CCCN3S(=O)(=O)CCCN)CN1CC2. The van der Waals surface area contributed by atoms with Crippen LogP contribution >= 0.6 is 0 Å². The quantitative estimate of drug-likeness (QED) is 0.825. The van der Waals surface area contributed by atoms with Gasteiger partial charge in [0.2, 0.25) is 10.0 Å². The Kier molecular flexibility index (Phi) is 5.47. The Morgan fingerprint density at radius 3 is 2.93 bits per heavy atom. The minimum absolute atomic E-state index is 0.0960. The van der Waals surface area contributed by atoms with E-state index in [4.69, 9.17) is 10.5 Å². The molecule has 2 N–H and O–H groups in total. The largest absolute Gasteiger partial charge is 0.496 e. The first-order valence-corrected chi connectivity index (χ1v) is 11.8. The van der Waals surface area contributed by atoms with Crippen LogP contribution in [-0.4, -0.2) is 62.7 Å². The second-order valence-corrected chi connectivity index (χ2v) is 10.1. The smallest absolute Gasteiger partial charge is 0.214 e. The van der Waals surface area contributed by atoms with Crippen molar-refractivity contribution in [2.75, 3.05) is 39.0 Å². The number of sulfonamides is 1. The summed E-state index contributed by atoms with van der Waals surface area (Å²) in [6, 6.07) is 6.63. The van der Waals surface area contributed by atoms with Crippen LogP contribution < -0.4 is 10.5 Å². The number of fused-ring (bicyclic) bond motifs is 4. The van der Waals surface area contributed by atoms with Crippen molar-refractivity contribution in [2.45, 2.75) is 44.2 Å². The van der Waals surface area contributed by atoms with Crippen molar-refractivity contribution in [1.82, 2.24) is 9.21 Å². The van der Waals surface area contributed by atoms with Crippen LogP contribution in [0.4, 0.5) is 0 Å². The van der Waals surface area contributed by atoms with E-state index >= 15 is 0 Å². The second-order valence-electron chi connectivity index (χ2n) is 8.07. The molecule has 0 saturated carbocycles. The number of hydrogen-bond donors (Lipinski definition) is 1. The minimum atomic E-state index is -3.24. The number of nitrogens with two attached hydrogens (primary N) is 1. The summed E-state index contributed by atoms with van der Waals surface area (Å²) in [7, 11) is -1.52. The van der Waals surface area contributed by atoms with Crippen molar-refractivity contribution >= 4 is 10.0 Å². The van der Waals surface area contributed by atoms with Crippen molar-refractivity contribution < 1.29 is 13.2 Å². The molecular formula is C20H31N3O3S. The van der Waals surface area contributed by atoms with E-state index in [0.29, 0.717) is 25.4 Å². The van der Waals surface area contributed by atoms with E-state index in [2.05, 4.69) is 17.0 Å². The van der Waals surface area contributed by atoms with Crippen LogP contribution in [0.15, 0.2) is 18.2 Å². The Labute approximate surface area is 162 Å². The molecule has 0 bridgehead atoms. The summed E-state index contributed by atoms with van der Waals surface area (Å²) in [5, 5.41) is 0. The molecule has 6 nitrogen and oxygen atoms in total. The Hall–Kier alpha value is -1.15. The maximum Gasteiger partial charge on any atom is 0.214 e. The number of nitrogens with zero attached hydrogens (tertiary/aromatic N) is 2. The van der Waals surface area contributed by atoms with Crippen molar-refractivity contribution in [2.24, 2.45) is 11.7 Å². The number of rotatable bonds is 5. The van der Waals surface area contributed by atoms with Crippen molar-refractivity contribution in [1.29, 1.82) is 0 Å². The highest BCUT2D eigenvalue weighted by Crippen LogP contribution is 2.46. The Morgan fingerprint density at radius 1 is 1.30 bits per heavy atom. The Balaban J connectivity index is 1.65. The second kappa shape index (κ2) is 7.70. The van der Waals surface area contributed by atoms with Crippen LogP contribution in [0.3, 0.4) is 0 Å². The highest BCUT2D eigenvalue weighted by atomic mass is 32.2. The van der Waals surface area contributed by atoms with E-state index in [1.54, 1.807) is 7.11 Å². The molecule has 2 saturated heterocycles. The third-order valence-electron chi connectivity index (χ3n) is 6.58. The normalized spacial score (nSPS) is 28.9. The molecule has 1 aromatic rings. The van der Waals surface area contributed by atoms with E-state index in [0.717, 1.165) is 44.5 Å². The molecule has 1 aromatic carbocycles. The monoisotopic (exact) mass is 393 g/mol. The standard InChI is InChI=1S/C20H31N3O3S/c1-26-19-7-2-5-15-8-11-22-14-16-6-3-10-23(27(24,25)12-4-9-21)17(16)13-18(22)20(15)19/h2,5,7,16-18H,3-4,6,8-14,21H2,1H3/t16-,17+,18+/m1/s1. The van der Waals surface area contributed by atoms with Gasteiger partial charge in [-0.25, -0.2) is 8.42 Å². The van der Waals surface area contributed by atoms with Gasteiger partial charge in [-0.2, -0.15) is 4.31 Å². The molecule has 0 amide bonds. The number of methoxy groups -OCH3 is 1. The van der Waals surface area contributed by atoms with E-state index < -0.39 is 10.0 Å². The maximum atomic E-state index is 13.0. The summed E-state index contributed by atoms with van der Waals surface area (Å²) in [6.07, 6.45) is 4.51. The van der Waals surface area contributed by atoms with E-state index in [-0.39, 0.29) is 17.8 Å². The van der Waals surface area contributed by atoms with Gasteiger partial charge in [-0.05, 0) is 56.2 Å². The Bertz CT molecular complexity index is 768. The van der Waals surface area contributed by atoms with E-state index in [9.17, 15) is 8.42 Å². The molecule has 0 aliphatic carbocycles. The molecule has 3 heterocycles. The zero-order chi connectivity index (χ0) is 19.0. The van der Waals surface area contributed by atoms with Crippen molar-refractivity contribution in [3.8, 4) is 5.75 Å². The summed E-state index contributed by atoms with van der Waals surface area (Å²) < 4.78 is 33.4. The van der Waals surface area contributed by atoms with Crippen LogP contribution in [0.1, 0.15) is 42.9 Å². The first-order valence-electron chi connectivity index (χ1n) is 10.1. The summed E-state index contributed by atoms with van der Waals surface area (Å²) >= 11 is 0. The fourth-order valence-corrected chi connectivity index (χ4v) is 7.18. The average molecular weight is 394 g/mol. The molecule has 0 spiro atoms. The average Bonchev–Trinajstić information content (AvgIpc) is 2.69. The van der Waals surface area contributed by atoms with Crippen molar-refractivity contribution in [3.63, 3.8) is 0 Å². The van der Waals surface area contributed by atoms with Gasteiger partial charge in [0.15, 0.2) is 0 Å². The maximum absolute atomic E-state index is 13.0. The van der Waals surface area contributed by atoms with Gasteiger partial charge in [-0.15, -0.1) is 0 Å². The Morgan fingerprint density at radius 2 is 2.15 bits per heavy atom. The lowest BCUT2D eigenvalue weighted by molar-refractivity contribution is 0.0210. The van der Waals surface area contributed by atoms with Crippen LogP contribution in [-0.2, 0) is 16.4 Å². The summed E-state index contributed by atoms with van der Waals surface area (Å²) in [5.41, 5.74) is 8.19. The van der Waals surface area contributed by atoms with E-state index in [1.165, 1.54) is 11.1 Å². The van der Waals surface area contributed by atoms with Gasteiger partial charge in [0.25, 0.3) is 0 Å². The molecule has 7 heteroatoms. The summed E-state index contributed by atoms with van der Waals surface area (Å²) in [6.45, 7) is 3.10. The molecule has 0 aromatic heterocycles. The fourth-order valence-electron chi connectivity index (χ4n) is 5.34. The number of benzene rings is 1. The topological polar surface area (TPSA) is 75.9 Å². The number of ether oxygens (including phenoxy) is 1. The molecule has 3 atom stereocenters. The molecule has 3 aliphatic heterocycles. The third-order valence-corrected chi connectivity index (χ3v) is 8.56. The first-order chi connectivity index (χ1) is 13.0. The number of piperidine rings is 2. The van der Waals surface area contributed by atoms with Gasteiger partial charge in [0.05, 0.1) is 12.9 Å².